The molecule has 2 amide bonds. The standard InChI is InChI=1S/C13H16N2O2/c1-9-10(14)5-4-6-11(9)15-12(16)7-2-3-8-13(15)17/h4-6H,2-3,7-8,14H2,1H3. The van der Waals surface area contributed by atoms with Gasteiger partial charge in [-0.15, -0.1) is 0 Å². The third kappa shape index (κ3) is 2.16. The minimum atomic E-state index is -0.124. The van der Waals surface area contributed by atoms with Gasteiger partial charge in [-0.25, -0.2) is 0 Å². The van der Waals surface area contributed by atoms with Gasteiger partial charge in [-0.2, -0.15) is 0 Å². The van der Waals surface area contributed by atoms with Crippen LogP contribution in [0.1, 0.15) is 31.2 Å². The van der Waals surface area contributed by atoms with Crippen LogP contribution in [0.25, 0.3) is 0 Å². The summed E-state index contributed by atoms with van der Waals surface area (Å²) in [6, 6.07) is 5.31. The summed E-state index contributed by atoms with van der Waals surface area (Å²) in [5, 5.41) is 0. The van der Waals surface area contributed by atoms with Crippen molar-refractivity contribution in [3.05, 3.63) is 23.8 Å². The molecule has 4 heteroatoms. The molecule has 90 valence electrons. The first kappa shape index (κ1) is 11.6. The number of imide groups is 1. The summed E-state index contributed by atoms with van der Waals surface area (Å²) in [5.41, 5.74) is 7.83. The number of carbonyl (C=O) groups excluding carboxylic acids is 2. The van der Waals surface area contributed by atoms with E-state index in [0.717, 1.165) is 18.4 Å². The van der Waals surface area contributed by atoms with Gasteiger partial charge >= 0.3 is 0 Å². The number of nitrogens with two attached hydrogens (primary N) is 1. The first-order valence-electron chi connectivity index (χ1n) is 5.82. The Hall–Kier alpha value is -1.84. The molecule has 0 radical (unpaired) electrons. The van der Waals surface area contributed by atoms with E-state index in [-0.39, 0.29) is 11.8 Å². The maximum Gasteiger partial charge on any atom is 0.233 e. The first-order valence-corrected chi connectivity index (χ1v) is 5.82. The SMILES string of the molecule is Cc1c(N)cccc1N1C(=O)CCCCC1=O. The Bertz CT molecular complexity index is 450. The van der Waals surface area contributed by atoms with E-state index in [1.807, 2.05) is 6.92 Å². The molecule has 0 spiro atoms. The highest BCUT2D eigenvalue weighted by Gasteiger charge is 2.26. The minimum absolute atomic E-state index is 0.124. The number of amides is 2. The fourth-order valence-corrected chi connectivity index (χ4v) is 2.07. The van der Waals surface area contributed by atoms with Crippen molar-refractivity contribution in [3.63, 3.8) is 0 Å². The van der Waals surface area contributed by atoms with Crippen molar-refractivity contribution in [1.29, 1.82) is 0 Å². The summed E-state index contributed by atoms with van der Waals surface area (Å²) >= 11 is 0. The number of rotatable bonds is 1. The Labute approximate surface area is 100 Å². The van der Waals surface area contributed by atoms with Gasteiger partial charge in [0.15, 0.2) is 0 Å². The molecule has 0 aromatic heterocycles. The average molecular weight is 232 g/mol. The molecule has 1 saturated heterocycles. The van der Waals surface area contributed by atoms with Crippen LogP contribution in [0.15, 0.2) is 18.2 Å². The molecule has 1 aromatic rings. The predicted octanol–water partition coefficient (Wildman–Crippen LogP) is 2.01. The number of nitrogens with zero attached hydrogens (tertiary/aromatic N) is 1. The Kier molecular flexibility index (Phi) is 3.13. The Morgan fingerprint density at radius 2 is 1.71 bits per heavy atom. The zero-order valence-corrected chi connectivity index (χ0v) is 9.90. The first-order chi connectivity index (χ1) is 8.11. The van der Waals surface area contributed by atoms with E-state index in [9.17, 15) is 9.59 Å². The second kappa shape index (κ2) is 4.57. The van der Waals surface area contributed by atoms with Crippen LogP contribution in [0.4, 0.5) is 11.4 Å². The fraction of sp³-hybridized carbons (Fsp3) is 0.385. The van der Waals surface area contributed by atoms with Gasteiger partial charge in [-0.05, 0) is 37.5 Å². The summed E-state index contributed by atoms with van der Waals surface area (Å²) < 4.78 is 0. The van der Waals surface area contributed by atoms with E-state index in [0.29, 0.717) is 24.2 Å². The molecule has 0 aliphatic carbocycles. The quantitative estimate of drug-likeness (QED) is 0.595. The van der Waals surface area contributed by atoms with Gasteiger partial charge in [-0.3, -0.25) is 14.5 Å². The van der Waals surface area contributed by atoms with Crippen molar-refractivity contribution in [2.75, 3.05) is 10.6 Å². The van der Waals surface area contributed by atoms with Crippen molar-refractivity contribution in [2.24, 2.45) is 0 Å². The van der Waals surface area contributed by atoms with Gasteiger partial charge < -0.3 is 5.73 Å². The Morgan fingerprint density at radius 3 is 2.29 bits per heavy atom. The molecular formula is C13H16N2O2. The number of hydrogen-bond acceptors (Lipinski definition) is 3. The summed E-state index contributed by atoms with van der Waals surface area (Å²) in [5.74, 6) is -0.248. The zero-order chi connectivity index (χ0) is 12.4. The Balaban J connectivity index is 2.45. The lowest BCUT2D eigenvalue weighted by molar-refractivity contribution is -0.125. The van der Waals surface area contributed by atoms with Gasteiger partial charge in [0, 0.05) is 18.5 Å². The maximum absolute atomic E-state index is 12.0. The molecule has 2 rings (SSSR count). The predicted molar refractivity (Wildman–Crippen MR) is 66.6 cm³/mol. The van der Waals surface area contributed by atoms with E-state index >= 15 is 0 Å². The van der Waals surface area contributed by atoms with Gasteiger partial charge in [-0.1, -0.05) is 6.07 Å². The molecule has 1 aliphatic heterocycles. The van der Waals surface area contributed by atoms with Crippen molar-refractivity contribution < 1.29 is 9.59 Å². The van der Waals surface area contributed by atoms with Crippen LogP contribution in [0.2, 0.25) is 0 Å². The highest BCUT2D eigenvalue weighted by atomic mass is 16.2. The lowest BCUT2D eigenvalue weighted by Crippen LogP contribution is -2.35. The third-order valence-corrected chi connectivity index (χ3v) is 3.12. The second-order valence-electron chi connectivity index (χ2n) is 4.32. The number of nitrogen functional groups attached to an aromatic ring is 1. The molecule has 1 aromatic carbocycles. The molecule has 0 saturated carbocycles. The summed E-state index contributed by atoms with van der Waals surface area (Å²) in [6.45, 7) is 1.83. The molecular weight excluding hydrogens is 216 g/mol. The van der Waals surface area contributed by atoms with Crippen molar-refractivity contribution in [3.8, 4) is 0 Å². The van der Waals surface area contributed by atoms with Gasteiger partial charge in [0.2, 0.25) is 11.8 Å². The molecule has 2 N–H and O–H groups in total. The topological polar surface area (TPSA) is 63.4 Å². The van der Waals surface area contributed by atoms with Crippen LogP contribution in [0.5, 0.6) is 0 Å². The number of hydrogen-bond donors (Lipinski definition) is 1. The van der Waals surface area contributed by atoms with Crippen LogP contribution in [0.3, 0.4) is 0 Å². The average Bonchev–Trinajstić information content (AvgIpc) is 2.45. The number of carbonyl (C=O) groups is 2. The third-order valence-electron chi connectivity index (χ3n) is 3.12. The van der Waals surface area contributed by atoms with Crippen molar-refractivity contribution >= 4 is 23.2 Å². The van der Waals surface area contributed by atoms with E-state index in [2.05, 4.69) is 0 Å². The second-order valence-corrected chi connectivity index (χ2v) is 4.32. The molecule has 1 aliphatic rings. The van der Waals surface area contributed by atoms with Gasteiger partial charge in [0.25, 0.3) is 0 Å². The smallest absolute Gasteiger partial charge is 0.233 e. The highest BCUT2D eigenvalue weighted by molar-refractivity contribution is 6.15. The molecule has 0 atom stereocenters. The monoisotopic (exact) mass is 232 g/mol. The fourth-order valence-electron chi connectivity index (χ4n) is 2.07. The molecule has 0 unspecified atom stereocenters. The summed E-state index contributed by atoms with van der Waals surface area (Å²) in [4.78, 5) is 25.2. The highest BCUT2D eigenvalue weighted by Crippen LogP contribution is 2.28. The number of benzene rings is 1. The zero-order valence-electron chi connectivity index (χ0n) is 9.90. The van der Waals surface area contributed by atoms with Crippen LogP contribution >= 0.6 is 0 Å². The van der Waals surface area contributed by atoms with Crippen LogP contribution in [-0.4, -0.2) is 11.8 Å². The minimum Gasteiger partial charge on any atom is -0.398 e. The lowest BCUT2D eigenvalue weighted by Gasteiger charge is -2.21. The largest absolute Gasteiger partial charge is 0.398 e. The van der Waals surface area contributed by atoms with Crippen LogP contribution in [-0.2, 0) is 9.59 Å². The Morgan fingerprint density at radius 1 is 1.12 bits per heavy atom. The van der Waals surface area contributed by atoms with Crippen molar-refractivity contribution in [2.45, 2.75) is 32.6 Å². The van der Waals surface area contributed by atoms with Crippen molar-refractivity contribution in [1.82, 2.24) is 0 Å². The normalized spacial score (nSPS) is 17.1. The molecule has 1 heterocycles. The van der Waals surface area contributed by atoms with E-state index in [1.54, 1.807) is 18.2 Å². The van der Waals surface area contributed by atoms with Crippen LogP contribution < -0.4 is 10.6 Å². The molecule has 1 fully saturated rings. The molecule has 0 bridgehead atoms. The lowest BCUT2D eigenvalue weighted by atomic mass is 10.1. The summed E-state index contributed by atoms with van der Waals surface area (Å²) in [6.07, 6.45) is 2.42. The van der Waals surface area contributed by atoms with Crippen LogP contribution in [0, 0.1) is 6.92 Å². The van der Waals surface area contributed by atoms with E-state index in [1.165, 1.54) is 4.90 Å². The maximum atomic E-state index is 12.0. The molecule has 4 nitrogen and oxygen atoms in total. The summed E-state index contributed by atoms with van der Waals surface area (Å²) in [7, 11) is 0. The number of anilines is 2. The van der Waals surface area contributed by atoms with E-state index in [4.69, 9.17) is 5.73 Å². The van der Waals surface area contributed by atoms with Gasteiger partial charge in [0.1, 0.15) is 0 Å². The molecule has 17 heavy (non-hydrogen) atoms. The van der Waals surface area contributed by atoms with E-state index < -0.39 is 0 Å². The van der Waals surface area contributed by atoms with Gasteiger partial charge in [0.05, 0.1) is 5.69 Å².